The highest BCUT2D eigenvalue weighted by atomic mass is 16.6. The van der Waals surface area contributed by atoms with Crippen LogP contribution in [0.3, 0.4) is 0 Å². The first-order valence-electron chi connectivity index (χ1n) is 18.7. The molecule has 1 aliphatic heterocycles. The summed E-state index contributed by atoms with van der Waals surface area (Å²) in [6.45, 7) is 7.38. The molecule has 0 bridgehead atoms. The second-order valence-corrected chi connectivity index (χ2v) is 14.3. The number of Topliss-reactive ketones (excluding diaryl/α,β-unsaturated/α-hetero) is 1. The molecule has 274 valence electrons. The van der Waals surface area contributed by atoms with Crippen LogP contribution in [-0.4, -0.2) is 58.8 Å². The van der Waals surface area contributed by atoms with Gasteiger partial charge in [-0.3, -0.25) is 19.9 Å². The fraction of sp³-hybridized carbons (Fsp3) is 0.419. The maximum Gasteiger partial charge on any atom is 0.339 e. The molecule has 0 radical (unpaired) electrons. The van der Waals surface area contributed by atoms with Crippen LogP contribution in [0.2, 0.25) is 0 Å². The van der Waals surface area contributed by atoms with Crippen LogP contribution in [0.4, 0.5) is 5.69 Å². The molecule has 2 heterocycles. The largest absolute Gasteiger partial charge is 0.462 e. The average molecular weight is 705 g/mol. The van der Waals surface area contributed by atoms with Crippen LogP contribution >= 0.6 is 0 Å². The van der Waals surface area contributed by atoms with E-state index in [9.17, 15) is 19.7 Å². The number of nitro benzene ring substituents is 1. The van der Waals surface area contributed by atoms with Gasteiger partial charge in [-0.25, -0.2) is 4.79 Å². The molecule has 0 spiro atoms. The number of nitrogens with two attached hydrogens (primary N) is 1. The summed E-state index contributed by atoms with van der Waals surface area (Å²) in [6, 6.07) is 29.2. The minimum atomic E-state index is -0.872. The second kappa shape index (κ2) is 18.7. The summed E-state index contributed by atoms with van der Waals surface area (Å²) < 4.78 is 5.06. The maximum atomic E-state index is 13.4. The number of benzene rings is 3. The smallest absolute Gasteiger partial charge is 0.339 e. The molecule has 1 saturated heterocycles. The van der Waals surface area contributed by atoms with E-state index in [1.807, 2.05) is 6.07 Å². The molecule has 9 nitrogen and oxygen atoms in total. The molecule has 0 saturated carbocycles. The third-order valence-corrected chi connectivity index (χ3v) is 10.7. The lowest BCUT2D eigenvalue weighted by molar-refractivity contribution is -0.384. The minimum Gasteiger partial charge on any atom is -0.462 e. The molecule has 0 amide bonds. The molecule has 52 heavy (non-hydrogen) atoms. The number of nitro groups is 1. The topological polar surface area (TPSA) is 129 Å². The summed E-state index contributed by atoms with van der Waals surface area (Å²) >= 11 is 0. The van der Waals surface area contributed by atoms with Gasteiger partial charge < -0.3 is 15.4 Å². The van der Waals surface area contributed by atoms with E-state index in [2.05, 4.69) is 77.5 Å². The van der Waals surface area contributed by atoms with E-state index in [-0.39, 0.29) is 40.5 Å². The number of ketones is 1. The summed E-state index contributed by atoms with van der Waals surface area (Å²) in [4.78, 5) is 43.5. The summed E-state index contributed by atoms with van der Waals surface area (Å²) in [6.07, 6.45) is 10.4. The van der Waals surface area contributed by atoms with E-state index >= 15 is 0 Å². The third-order valence-electron chi connectivity index (χ3n) is 10.7. The number of likely N-dealkylation sites (tertiary alicyclic amines) is 1. The number of hydrogen-bond donors (Lipinski definition) is 1. The van der Waals surface area contributed by atoms with Crippen molar-refractivity contribution in [3.05, 3.63) is 141 Å². The van der Waals surface area contributed by atoms with Gasteiger partial charge in [0.15, 0.2) is 5.78 Å². The van der Waals surface area contributed by atoms with Gasteiger partial charge in [0.2, 0.25) is 0 Å². The number of nitrogens with zero attached hydrogens (tertiary/aromatic N) is 3. The highest BCUT2D eigenvalue weighted by Gasteiger charge is 2.37. The fourth-order valence-electron chi connectivity index (χ4n) is 7.81. The number of carbonyl (C=O) groups excluding carboxylic acids is 2. The summed E-state index contributed by atoms with van der Waals surface area (Å²) in [5, 5.41) is 11.6. The number of aromatic nitrogens is 1. The second-order valence-electron chi connectivity index (χ2n) is 14.3. The van der Waals surface area contributed by atoms with Crippen molar-refractivity contribution < 1.29 is 19.2 Å². The van der Waals surface area contributed by atoms with Gasteiger partial charge in [-0.05, 0) is 93.3 Å². The Bertz CT molecular complexity index is 1720. The Morgan fingerprint density at radius 3 is 2.17 bits per heavy atom. The third kappa shape index (κ3) is 9.98. The lowest BCUT2D eigenvalue weighted by atomic mass is 9.68. The van der Waals surface area contributed by atoms with Crippen molar-refractivity contribution in [2.75, 3.05) is 26.2 Å². The summed E-state index contributed by atoms with van der Waals surface area (Å²) in [5.41, 5.74) is 10.6. The van der Waals surface area contributed by atoms with Crippen LogP contribution in [0.1, 0.15) is 109 Å². The first-order chi connectivity index (χ1) is 25.2. The zero-order valence-corrected chi connectivity index (χ0v) is 30.5. The van der Waals surface area contributed by atoms with Gasteiger partial charge in [-0.1, -0.05) is 99.0 Å². The molecule has 3 unspecified atom stereocenters. The molecule has 1 aliphatic rings. The molecule has 4 aromatic rings. The standard InChI is InChI=1S/C43H52N4O5/c1-3-52-42(49)36-27-35(30-45-31-36)41(48)40(44)29-34(33-15-13-20-39(28-33)47(50)51)26-32(2)14-7-6-12-23-46-24-21-43(22-25-46,37-16-8-4-9-17-37)38-18-10-5-11-19-38/h4-5,8-11,13,15-20,27-28,30-32,34,40H,3,6-7,12,14,21-26,29,44H2,1-2H3. The summed E-state index contributed by atoms with van der Waals surface area (Å²) in [5.74, 6) is -0.708. The lowest BCUT2D eigenvalue weighted by Gasteiger charge is -2.43. The highest BCUT2D eigenvalue weighted by molar-refractivity contribution is 6.01. The highest BCUT2D eigenvalue weighted by Crippen LogP contribution is 2.41. The molecule has 3 aromatic carbocycles. The summed E-state index contributed by atoms with van der Waals surface area (Å²) in [7, 11) is 0. The van der Waals surface area contributed by atoms with Crippen LogP contribution in [0, 0.1) is 16.0 Å². The Hall–Kier alpha value is -4.73. The molecule has 2 N–H and O–H groups in total. The molecular formula is C43H52N4O5. The van der Waals surface area contributed by atoms with Gasteiger partial charge in [0, 0.05) is 35.5 Å². The van der Waals surface area contributed by atoms with Crippen molar-refractivity contribution in [2.24, 2.45) is 11.7 Å². The number of hydrogen-bond acceptors (Lipinski definition) is 8. The minimum absolute atomic E-state index is 0.0175. The predicted octanol–water partition coefficient (Wildman–Crippen LogP) is 8.52. The molecule has 5 rings (SSSR count). The lowest BCUT2D eigenvalue weighted by Crippen LogP contribution is -2.43. The number of carbonyl (C=O) groups is 2. The van der Waals surface area contributed by atoms with Crippen molar-refractivity contribution >= 4 is 17.4 Å². The Morgan fingerprint density at radius 2 is 1.54 bits per heavy atom. The van der Waals surface area contributed by atoms with Crippen LogP contribution < -0.4 is 5.73 Å². The zero-order valence-electron chi connectivity index (χ0n) is 30.5. The van der Waals surface area contributed by atoms with E-state index in [0.29, 0.717) is 12.3 Å². The van der Waals surface area contributed by atoms with Crippen molar-refractivity contribution in [1.29, 1.82) is 0 Å². The SMILES string of the molecule is CCOC(=O)c1cncc(C(=O)C(N)CC(CC(C)CCCCCN2CCC(c3ccccc3)(c3ccccc3)CC2)c2cccc([N+](=O)[O-])c2)c1. The van der Waals surface area contributed by atoms with Crippen molar-refractivity contribution in [3.8, 4) is 0 Å². The fourth-order valence-corrected chi connectivity index (χ4v) is 7.81. The number of esters is 1. The van der Waals surface area contributed by atoms with Gasteiger partial charge >= 0.3 is 5.97 Å². The van der Waals surface area contributed by atoms with Gasteiger partial charge in [0.05, 0.1) is 23.1 Å². The van der Waals surface area contributed by atoms with Gasteiger partial charge in [-0.2, -0.15) is 0 Å². The maximum absolute atomic E-state index is 13.4. The van der Waals surface area contributed by atoms with Crippen LogP contribution in [0.25, 0.3) is 0 Å². The number of pyridine rings is 1. The predicted molar refractivity (Wildman–Crippen MR) is 205 cm³/mol. The molecular weight excluding hydrogens is 652 g/mol. The van der Waals surface area contributed by atoms with Crippen LogP contribution in [-0.2, 0) is 10.2 Å². The Kier molecular flexibility index (Phi) is 13.8. The monoisotopic (exact) mass is 704 g/mol. The zero-order chi connectivity index (χ0) is 36.9. The first kappa shape index (κ1) is 38.5. The van der Waals surface area contributed by atoms with E-state index in [0.717, 1.165) is 70.1 Å². The Morgan fingerprint density at radius 1 is 0.885 bits per heavy atom. The van der Waals surface area contributed by atoms with Gasteiger partial charge in [0.1, 0.15) is 0 Å². The Balaban J connectivity index is 1.14. The first-order valence-corrected chi connectivity index (χ1v) is 18.7. The number of piperidine rings is 1. The van der Waals surface area contributed by atoms with Gasteiger partial charge in [0.25, 0.3) is 5.69 Å². The molecule has 9 heteroatoms. The molecule has 1 aromatic heterocycles. The van der Waals surface area contributed by atoms with Gasteiger partial charge in [-0.15, -0.1) is 0 Å². The van der Waals surface area contributed by atoms with Crippen molar-refractivity contribution in [1.82, 2.24) is 9.88 Å². The van der Waals surface area contributed by atoms with E-state index in [1.54, 1.807) is 19.1 Å². The van der Waals surface area contributed by atoms with E-state index < -0.39 is 16.9 Å². The van der Waals surface area contributed by atoms with E-state index in [1.165, 1.54) is 35.7 Å². The average Bonchev–Trinajstić information content (AvgIpc) is 3.18. The molecule has 3 atom stereocenters. The molecule has 0 aliphatic carbocycles. The van der Waals surface area contributed by atoms with Crippen molar-refractivity contribution in [2.45, 2.75) is 82.6 Å². The number of non-ortho nitro benzene ring substituents is 1. The van der Waals surface area contributed by atoms with E-state index in [4.69, 9.17) is 10.5 Å². The Labute approximate surface area is 307 Å². The van der Waals surface area contributed by atoms with Crippen molar-refractivity contribution in [3.63, 3.8) is 0 Å². The van der Waals surface area contributed by atoms with Crippen LogP contribution in [0.5, 0.6) is 0 Å². The van der Waals surface area contributed by atoms with Crippen LogP contribution in [0.15, 0.2) is 103 Å². The molecule has 1 fully saturated rings. The number of rotatable bonds is 18. The quantitative estimate of drug-likeness (QED) is 0.0359. The number of ether oxygens (including phenoxy) is 1. The normalized spacial score (nSPS) is 16.1. The number of unbranched alkanes of at least 4 members (excludes halogenated alkanes) is 2.